The fourth-order valence-electron chi connectivity index (χ4n) is 1.46. The first-order valence-corrected chi connectivity index (χ1v) is 5.05. The summed E-state index contributed by atoms with van der Waals surface area (Å²) in [6.45, 7) is 3.70. The molecule has 0 spiro atoms. The summed E-state index contributed by atoms with van der Waals surface area (Å²) in [5.41, 5.74) is 1.21. The molecule has 0 bridgehead atoms. The molecule has 0 radical (unpaired) electrons. The molecule has 5 nitrogen and oxygen atoms in total. The Hall–Kier alpha value is -1.78. The molecule has 1 heterocycles. The molecule has 1 rings (SSSR count). The lowest BCUT2D eigenvalue weighted by atomic mass is 10.1. The first-order chi connectivity index (χ1) is 7.47. The third kappa shape index (κ3) is 2.42. The van der Waals surface area contributed by atoms with Crippen LogP contribution in [0.25, 0.3) is 0 Å². The van der Waals surface area contributed by atoms with E-state index in [4.69, 9.17) is 4.74 Å². The van der Waals surface area contributed by atoms with Gasteiger partial charge < -0.3 is 15.0 Å². The van der Waals surface area contributed by atoms with Gasteiger partial charge in [-0.15, -0.1) is 0 Å². The van der Waals surface area contributed by atoms with Crippen molar-refractivity contribution >= 4 is 11.9 Å². The number of carbonyl (C=O) groups is 2. The SMILES string of the molecule is CCOC(=O)C1=C(C)NC(=O)/C1=C\N(C)C. The van der Waals surface area contributed by atoms with Crippen molar-refractivity contribution in [3.05, 3.63) is 23.0 Å². The van der Waals surface area contributed by atoms with Gasteiger partial charge in [0.15, 0.2) is 0 Å². The number of hydrogen-bond donors (Lipinski definition) is 1. The van der Waals surface area contributed by atoms with Crippen LogP contribution >= 0.6 is 0 Å². The van der Waals surface area contributed by atoms with Crippen molar-refractivity contribution in [2.24, 2.45) is 0 Å². The lowest BCUT2D eigenvalue weighted by Crippen LogP contribution is -2.17. The highest BCUT2D eigenvalue weighted by molar-refractivity contribution is 6.13. The number of esters is 1. The van der Waals surface area contributed by atoms with Crippen LogP contribution in [0.1, 0.15) is 13.8 Å². The molecule has 0 unspecified atom stereocenters. The van der Waals surface area contributed by atoms with E-state index in [0.717, 1.165) is 0 Å². The maximum Gasteiger partial charge on any atom is 0.340 e. The number of nitrogens with zero attached hydrogens (tertiary/aromatic N) is 1. The van der Waals surface area contributed by atoms with Crippen LogP contribution in [0.2, 0.25) is 0 Å². The van der Waals surface area contributed by atoms with E-state index in [2.05, 4.69) is 5.32 Å². The minimum atomic E-state index is -0.466. The van der Waals surface area contributed by atoms with E-state index < -0.39 is 5.97 Å². The van der Waals surface area contributed by atoms with Crippen LogP contribution in [0.5, 0.6) is 0 Å². The van der Waals surface area contributed by atoms with E-state index in [0.29, 0.717) is 23.5 Å². The second kappa shape index (κ2) is 4.83. The zero-order chi connectivity index (χ0) is 12.3. The Morgan fingerprint density at radius 1 is 1.50 bits per heavy atom. The molecule has 0 aromatic carbocycles. The summed E-state index contributed by atoms with van der Waals surface area (Å²) >= 11 is 0. The van der Waals surface area contributed by atoms with Crippen LogP contribution in [0.4, 0.5) is 0 Å². The largest absolute Gasteiger partial charge is 0.462 e. The van der Waals surface area contributed by atoms with Crippen LogP contribution in [0.3, 0.4) is 0 Å². The molecule has 0 saturated heterocycles. The fourth-order valence-corrected chi connectivity index (χ4v) is 1.46. The Labute approximate surface area is 94.7 Å². The zero-order valence-corrected chi connectivity index (χ0v) is 9.96. The normalized spacial score (nSPS) is 17.8. The summed E-state index contributed by atoms with van der Waals surface area (Å²) in [5, 5.41) is 2.61. The van der Waals surface area contributed by atoms with E-state index in [1.54, 1.807) is 39.0 Å². The predicted octanol–water partition coefficient (Wildman–Crippen LogP) is 0.399. The summed E-state index contributed by atoms with van der Waals surface area (Å²) < 4.78 is 4.91. The Balaban J connectivity index is 3.07. The minimum Gasteiger partial charge on any atom is -0.462 e. The molecule has 0 aromatic rings. The van der Waals surface area contributed by atoms with Crippen LogP contribution in [-0.2, 0) is 14.3 Å². The maximum absolute atomic E-state index is 11.7. The van der Waals surface area contributed by atoms with Gasteiger partial charge in [0.2, 0.25) is 0 Å². The van der Waals surface area contributed by atoms with Crippen LogP contribution in [-0.4, -0.2) is 37.5 Å². The van der Waals surface area contributed by atoms with Gasteiger partial charge in [-0.3, -0.25) is 4.79 Å². The van der Waals surface area contributed by atoms with Crippen LogP contribution < -0.4 is 5.32 Å². The molecule has 0 aromatic heterocycles. The highest BCUT2D eigenvalue weighted by Crippen LogP contribution is 2.22. The average Bonchev–Trinajstić information content (AvgIpc) is 2.41. The number of hydrogen-bond acceptors (Lipinski definition) is 4. The average molecular weight is 224 g/mol. The van der Waals surface area contributed by atoms with Crippen LogP contribution in [0, 0.1) is 0 Å². The molecule has 0 saturated carbocycles. The smallest absolute Gasteiger partial charge is 0.340 e. The lowest BCUT2D eigenvalue weighted by molar-refractivity contribution is -0.138. The number of allylic oxidation sites excluding steroid dienone is 1. The first-order valence-electron chi connectivity index (χ1n) is 5.05. The topological polar surface area (TPSA) is 58.6 Å². The van der Waals surface area contributed by atoms with Gasteiger partial charge in [0.25, 0.3) is 5.91 Å². The molecule has 1 N–H and O–H groups in total. The van der Waals surface area contributed by atoms with Crippen molar-refractivity contribution in [1.82, 2.24) is 10.2 Å². The van der Waals surface area contributed by atoms with Gasteiger partial charge in [-0.05, 0) is 13.8 Å². The second-order valence-electron chi connectivity index (χ2n) is 3.68. The molecule has 0 aliphatic carbocycles. The fraction of sp³-hybridized carbons (Fsp3) is 0.455. The molecule has 1 amide bonds. The van der Waals surface area contributed by atoms with Crippen molar-refractivity contribution in [3.63, 3.8) is 0 Å². The number of carbonyl (C=O) groups excluding carboxylic acids is 2. The maximum atomic E-state index is 11.7. The summed E-state index contributed by atoms with van der Waals surface area (Å²) in [4.78, 5) is 25.0. The Morgan fingerprint density at radius 3 is 2.62 bits per heavy atom. The van der Waals surface area contributed by atoms with Gasteiger partial charge in [-0.1, -0.05) is 0 Å². The van der Waals surface area contributed by atoms with E-state index >= 15 is 0 Å². The quantitative estimate of drug-likeness (QED) is 0.557. The number of nitrogens with one attached hydrogen (secondary N) is 1. The van der Waals surface area contributed by atoms with E-state index in [1.165, 1.54) is 0 Å². The van der Waals surface area contributed by atoms with Crippen molar-refractivity contribution in [1.29, 1.82) is 0 Å². The number of rotatable bonds is 3. The van der Waals surface area contributed by atoms with E-state index in [9.17, 15) is 9.59 Å². The summed E-state index contributed by atoms with van der Waals surface area (Å²) in [7, 11) is 3.58. The van der Waals surface area contributed by atoms with Gasteiger partial charge in [0, 0.05) is 26.0 Å². The molecule has 5 heteroatoms. The molecule has 1 aliphatic rings. The van der Waals surface area contributed by atoms with Crippen molar-refractivity contribution in [2.75, 3.05) is 20.7 Å². The highest BCUT2D eigenvalue weighted by Gasteiger charge is 2.31. The van der Waals surface area contributed by atoms with Gasteiger partial charge in [-0.25, -0.2) is 4.79 Å². The minimum absolute atomic E-state index is 0.269. The first kappa shape index (κ1) is 12.3. The zero-order valence-electron chi connectivity index (χ0n) is 9.96. The molecular weight excluding hydrogens is 208 g/mol. The number of ether oxygens (including phenoxy) is 1. The summed E-state index contributed by atoms with van der Waals surface area (Å²) in [5.74, 6) is -0.735. The Bertz CT molecular complexity index is 381. The van der Waals surface area contributed by atoms with Gasteiger partial charge >= 0.3 is 5.97 Å². The third-order valence-corrected chi connectivity index (χ3v) is 2.06. The Morgan fingerprint density at radius 2 is 2.12 bits per heavy atom. The molecule has 88 valence electrons. The van der Waals surface area contributed by atoms with E-state index in [-0.39, 0.29) is 5.91 Å². The predicted molar refractivity (Wildman–Crippen MR) is 59.2 cm³/mol. The van der Waals surface area contributed by atoms with E-state index in [1.807, 2.05) is 0 Å². The lowest BCUT2D eigenvalue weighted by Gasteiger charge is -2.08. The monoisotopic (exact) mass is 224 g/mol. The molecular formula is C11H16N2O3. The number of amides is 1. The van der Waals surface area contributed by atoms with Crippen molar-refractivity contribution < 1.29 is 14.3 Å². The van der Waals surface area contributed by atoms with Crippen molar-refractivity contribution in [3.8, 4) is 0 Å². The Kier molecular flexibility index (Phi) is 3.71. The summed E-state index contributed by atoms with van der Waals surface area (Å²) in [6.07, 6.45) is 1.61. The van der Waals surface area contributed by atoms with Crippen molar-refractivity contribution in [2.45, 2.75) is 13.8 Å². The highest BCUT2D eigenvalue weighted by atomic mass is 16.5. The molecule has 0 atom stereocenters. The summed E-state index contributed by atoms with van der Waals surface area (Å²) in [6, 6.07) is 0. The third-order valence-electron chi connectivity index (χ3n) is 2.06. The molecule has 16 heavy (non-hydrogen) atoms. The van der Waals surface area contributed by atoms with Gasteiger partial charge in [0.1, 0.15) is 0 Å². The molecule has 1 aliphatic heterocycles. The van der Waals surface area contributed by atoms with Gasteiger partial charge in [-0.2, -0.15) is 0 Å². The van der Waals surface area contributed by atoms with Crippen LogP contribution in [0.15, 0.2) is 23.0 Å². The standard InChI is InChI=1S/C11H16N2O3/c1-5-16-11(15)9-7(2)12-10(14)8(9)6-13(3)4/h6H,5H2,1-4H3,(H,12,14)/b8-6-. The molecule has 0 fully saturated rings. The second-order valence-corrected chi connectivity index (χ2v) is 3.68. The van der Waals surface area contributed by atoms with Gasteiger partial charge in [0.05, 0.1) is 17.8 Å².